The molecule has 1 aliphatic rings. The molecule has 1 saturated heterocycles. The Hall–Kier alpha value is -0.980. The molecule has 0 saturated carbocycles. The molecule has 0 bridgehead atoms. The fourth-order valence-corrected chi connectivity index (χ4v) is 3.03. The minimum atomic E-state index is -0.125. The number of carbonyl (C=O) groups is 1. The van der Waals surface area contributed by atoms with Gasteiger partial charge in [-0.1, -0.05) is 6.92 Å². The van der Waals surface area contributed by atoms with Gasteiger partial charge in [0.1, 0.15) is 10.7 Å². The van der Waals surface area contributed by atoms with Gasteiger partial charge in [-0.05, 0) is 19.3 Å². The molecule has 0 aromatic carbocycles. The molecule has 0 radical (unpaired) electrons. The minimum Gasteiger partial charge on any atom is -0.379 e. The third-order valence-corrected chi connectivity index (χ3v) is 4.66. The van der Waals surface area contributed by atoms with Gasteiger partial charge < -0.3 is 15.4 Å². The van der Waals surface area contributed by atoms with Crippen LogP contribution in [0.25, 0.3) is 0 Å². The van der Waals surface area contributed by atoms with E-state index in [1.54, 1.807) is 12.5 Å². The van der Waals surface area contributed by atoms with Crippen molar-refractivity contribution in [2.24, 2.45) is 11.7 Å². The fraction of sp³-hybridized carbons (Fsp3) is 0.692. The number of ether oxygens (including phenoxy) is 1. The number of nitrogens with zero attached hydrogens (tertiary/aromatic N) is 2. The van der Waals surface area contributed by atoms with Crippen molar-refractivity contribution in [1.82, 2.24) is 9.88 Å². The Kier molecular flexibility index (Phi) is 4.54. The van der Waals surface area contributed by atoms with Crippen LogP contribution >= 0.6 is 11.3 Å². The van der Waals surface area contributed by atoms with Crippen molar-refractivity contribution >= 4 is 17.2 Å². The highest BCUT2D eigenvalue weighted by molar-refractivity contribution is 7.09. The average Bonchev–Trinajstić information content (AvgIpc) is 2.88. The van der Waals surface area contributed by atoms with E-state index in [-0.39, 0.29) is 18.1 Å². The minimum absolute atomic E-state index is 0.0166. The van der Waals surface area contributed by atoms with Crippen molar-refractivity contribution in [3.8, 4) is 0 Å². The van der Waals surface area contributed by atoms with Crippen molar-refractivity contribution in [3.05, 3.63) is 16.1 Å². The lowest BCUT2D eigenvalue weighted by molar-refractivity contribution is -0.00175. The second-order valence-corrected chi connectivity index (χ2v) is 6.04. The number of hydrogen-bond acceptors (Lipinski definition) is 5. The Bertz CT molecular complexity index is 447. The van der Waals surface area contributed by atoms with Crippen LogP contribution in [0.2, 0.25) is 0 Å². The van der Waals surface area contributed by atoms with Gasteiger partial charge in [0.15, 0.2) is 0 Å². The van der Waals surface area contributed by atoms with Crippen LogP contribution < -0.4 is 5.73 Å². The Labute approximate surface area is 117 Å². The van der Waals surface area contributed by atoms with Gasteiger partial charge in [0.2, 0.25) is 0 Å². The number of rotatable bonds is 3. The molecule has 3 atom stereocenters. The molecule has 106 valence electrons. The Morgan fingerprint density at radius 1 is 1.68 bits per heavy atom. The number of thiazole rings is 1. The summed E-state index contributed by atoms with van der Waals surface area (Å²) >= 11 is 1.44. The molecule has 0 aliphatic carbocycles. The Morgan fingerprint density at radius 3 is 3.00 bits per heavy atom. The zero-order chi connectivity index (χ0) is 14.0. The maximum Gasteiger partial charge on any atom is 0.273 e. The van der Waals surface area contributed by atoms with Crippen LogP contribution in [-0.4, -0.2) is 42.1 Å². The summed E-state index contributed by atoms with van der Waals surface area (Å²) in [5, 5.41) is 2.60. The van der Waals surface area contributed by atoms with E-state index >= 15 is 0 Å². The van der Waals surface area contributed by atoms with Gasteiger partial charge in [0.25, 0.3) is 5.91 Å². The molecule has 1 amide bonds. The lowest BCUT2D eigenvalue weighted by Gasteiger charge is -2.35. The first kappa shape index (κ1) is 14.4. The second-order valence-electron chi connectivity index (χ2n) is 5.15. The summed E-state index contributed by atoms with van der Waals surface area (Å²) in [7, 11) is 1.70. The lowest BCUT2D eigenvalue weighted by Crippen LogP contribution is -2.46. The van der Waals surface area contributed by atoms with E-state index in [0.29, 0.717) is 18.2 Å². The van der Waals surface area contributed by atoms with Crippen LogP contribution in [0.4, 0.5) is 0 Å². The summed E-state index contributed by atoms with van der Waals surface area (Å²) in [6, 6.07) is -0.125. The summed E-state index contributed by atoms with van der Waals surface area (Å²) in [5.41, 5.74) is 6.27. The van der Waals surface area contributed by atoms with E-state index < -0.39 is 0 Å². The van der Waals surface area contributed by atoms with Crippen LogP contribution in [0.15, 0.2) is 5.38 Å². The van der Waals surface area contributed by atoms with Crippen LogP contribution in [0.3, 0.4) is 0 Å². The van der Waals surface area contributed by atoms with Crippen LogP contribution in [-0.2, 0) is 4.74 Å². The van der Waals surface area contributed by atoms with Gasteiger partial charge in [-0.25, -0.2) is 4.98 Å². The number of amides is 1. The van der Waals surface area contributed by atoms with Gasteiger partial charge in [0, 0.05) is 25.6 Å². The van der Waals surface area contributed by atoms with Gasteiger partial charge in [0.05, 0.1) is 12.1 Å². The topological polar surface area (TPSA) is 68.5 Å². The molecule has 1 aromatic heterocycles. The molecule has 5 nitrogen and oxygen atoms in total. The maximum atomic E-state index is 12.4. The first-order valence-electron chi connectivity index (χ1n) is 6.56. The quantitative estimate of drug-likeness (QED) is 0.916. The van der Waals surface area contributed by atoms with E-state index in [9.17, 15) is 4.79 Å². The summed E-state index contributed by atoms with van der Waals surface area (Å²) < 4.78 is 5.43. The average molecular weight is 283 g/mol. The normalized spacial score (nSPS) is 25.4. The van der Waals surface area contributed by atoms with Crippen molar-refractivity contribution in [1.29, 1.82) is 0 Å². The number of hydrogen-bond donors (Lipinski definition) is 1. The number of nitrogens with two attached hydrogens (primary N) is 1. The molecule has 0 spiro atoms. The molecular formula is C13H21N3O2S. The van der Waals surface area contributed by atoms with E-state index in [0.717, 1.165) is 18.0 Å². The number of likely N-dealkylation sites (tertiary alicyclic amines) is 1. The predicted octanol–water partition coefficient (Wildman–Crippen LogP) is 1.66. The third-order valence-electron chi connectivity index (χ3n) is 3.61. The molecule has 1 fully saturated rings. The highest BCUT2D eigenvalue weighted by Crippen LogP contribution is 2.22. The second kappa shape index (κ2) is 5.98. The largest absolute Gasteiger partial charge is 0.379 e. The molecule has 6 heteroatoms. The first-order valence-corrected chi connectivity index (χ1v) is 7.44. The van der Waals surface area contributed by atoms with Gasteiger partial charge in [-0.2, -0.15) is 0 Å². The van der Waals surface area contributed by atoms with E-state index in [1.165, 1.54) is 11.3 Å². The highest BCUT2D eigenvalue weighted by Gasteiger charge is 2.30. The van der Waals surface area contributed by atoms with Gasteiger partial charge in [-0.3, -0.25) is 4.79 Å². The number of aromatic nitrogens is 1. The van der Waals surface area contributed by atoms with Crippen LogP contribution in [0.1, 0.15) is 41.8 Å². The summed E-state index contributed by atoms with van der Waals surface area (Å²) in [6.45, 7) is 5.44. The Morgan fingerprint density at radius 2 is 2.42 bits per heavy atom. The predicted molar refractivity (Wildman–Crippen MR) is 75.2 cm³/mol. The van der Waals surface area contributed by atoms with E-state index in [2.05, 4.69) is 11.9 Å². The van der Waals surface area contributed by atoms with Crippen molar-refractivity contribution < 1.29 is 9.53 Å². The molecule has 2 rings (SSSR count). The number of carbonyl (C=O) groups excluding carboxylic acids is 1. The zero-order valence-corrected chi connectivity index (χ0v) is 12.4. The third kappa shape index (κ3) is 3.13. The van der Waals surface area contributed by atoms with Gasteiger partial charge in [-0.15, -0.1) is 11.3 Å². The van der Waals surface area contributed by atoms with Crippen molar-refractivity contribution in [2.45, 2.75) is 32.4 Å². The monoisotopic (exact) mass is 283 g/mol. The van der Waals surface area contributed by atoms with Crippen LogP contribution in [0, 0.1) is 5.92 Å². The maximum absolute atomic E-state index is 12.4. The molecular weight excluding hydrogens is 262 g/mol. The Balaban J connectivity index is 2.06. The summed E-state index contributed by atoms with van der Waals surface area (Å²) in [6.07, 6.45) is 1.08. The van der Waals surface area contributed by atoms with E-state index in [1.807, 2.05) is 11.8 Å². The lowest BCUT2D eigenvalue weighted by atomic mass is 9.95. The summed E-state index contributed by atoms with van der Waals surface area (Å²) in [5.74, 6) is 0.473. The SMILES string of the molecule is COC1CN(C(=O)c2csc(C(C)N)n2)CCC1C. The molecule has 2 N–H and O–H groups in total. The molecule has 2 heterocycles. The summed E-state index contributed by atoms with van der Waals surface area (Å²) in [4.78, 5) is 18.5. The number of piperidine rings is 1. The molecule has 19 heavy (non-hydrogen) atoms. The first-order chi connectivity index (χ1) is 9.02. The van der Waals surface area contributed by atoms with Crippen LogP contribution in [0.5, 0.6) is 0 Å². The standard InChI is InChI=1S/C13H21N3O2S/c1-8-4-5-16(6-11(8)18-3)13(17)10-7-19-12(15-10)9(2)14/h7-9,11H,4-6,14H2,1-3H3. The zero-order valence-electron chi connectivity index (χ0n) is 11.6. The smallest absolute Gasteiger partial charge is 0.273 e. The number of methoxy groups -OCH3 is 1. The van der Waals surface area contributed by atoms with Gasteiger partial charge >= 0.3 is 0 Å². The van der Waals surface area contributed by atoms with E-state index in [4.69, 9.17) is 10.5 Å². The molecule has 1 aromatic rings. The molecule has 1 aliphatic heterocycles. The highest BCUT2D eigenvalue weighted by atomic mass is 32.1. The molecule has 3 unspecified atom stereocenters. The van der Waals surface area contributed by atoms with Crippen molar-refractivity contribution in [3.63, 3.8) is 0 Å². The fourth-order valence-electron chi connectivity index (χ4n) is 2.28. The van der Waals surface area contributed by atoms with Crippen molar-refractivity contribution in [2.75, 3.05) is 20.2 Å².